The largest absolute Gasteiger partial charge is 0.493 e. The molecule has 0 amide bonds. The first-order chi connectivity index (χ1) is 5.83. The second kappa shape index (κ2) is 4.78. The van der Waals surface area contributed by atoms with Crippen LogP contribution in [0, 0.1) is 0 Å². The molecule has 0 saturated heterocycles. The molecule has 1 heterocycles. The van der Waals surface area contributed by atoms with Crippen LogP contribution < -0.4 is 4.74 Å². The Balaban J connectivity index is 2.46. The molecule has 1 rings (SSSR count). The van der Waals surface area contributed by atoms with Crippen LogP contribution >= 0.6 is 11.6 Å². The lowest BCUT2D eigenvalue weighted by Crippen LogP contribution is -1.95. The Morgan fingerprint density at radius 1 is 1.67 bits per heavy atom. The van der Waals surface area contributed by atoms with Crippen molar-refractivity contribution in [1.29, 1.82) is 0 Å². The van der Waals surface area contributed by atoms with Crippen LogP contribution in [-0.4, -0.2) is 11.6 Å². The Hall–Kier alpha value is -1.02. The summed E-state index contributed by atoms with van der Waals surface area (Å²) in [7, 11) is 0. The number of ether oxygens (including phenoxy) is 1. The summed E-state index contributed by atoms with van der Waals surface area (Å²) in [6.45, 7) is 4.22. The number of rotatable bonds is 4. The van der Waals surface area contributed by atoms with E-state index in [0.717, 1.165) is 12.2 Å². The zero-order valence-corrected chi connectivity index (χ0v) is 7.42. The van der Waals surface area contributed by atoms with E-state index < -0.39 is 0 Å². The quantitative estimate of drug-likeness (QED) is 0.407. The summed E-state index contributed by atoms with van der Waals surface area (Å²) in [6.07, 6.45) is 4.26. The van der Waals surface area contributed by atoms with Crippen LogP contribution in [0.15, 0.2) is 31.0 Å². The average Bonchev–Trinajstić information content (AvgIpc) is 2.05. The molecular formula is C9H10ClNO. The monoisotopic (exact) mass is 183 g/mol. The van der Waals surface area contributed by atoms with Gasteiger partial charge in [-0.15, -0.1) is 6.58 Å². The van der Waals surface area contributed by atoms with Gasteiger partial charge < -0.3 is 4.74 Å². The van der Waals surface area contributed by atoms with Crippen molar-refractivity contribution in [2.75, 3.05) is 6.61 Å². The van der Waals surface area contributed by atoms with Crippen molar-refractivity contribution < 1.29 is 4.74 Å². The van der Waals surface area contributed by atoms with E-state index in [4.69, 9.17) is 16.3 Å². The lowest BCUT2D eigenvalue weighted by Gasteiger charge is -2.02. The highest BCUT2D eigenvalue weighted by molar-refractivity contribution is 6.29. The van der Waals surface area contributed by atoms with Gasteiger partial charge in [-0.05, 0) is 12.5 Å². The van der Waals surface area contributed by atoms with Crippen molar-refractivity contribution in [2.24, 2.45) is 0 Å². The van der Waals surface area contributed by atoms with Gasteiger partial charge in [-0.2, -0.15) is 0 Å². The van der Waals surface area contributed by atoms with E-state index in [1.54, 1.807) is 18.3 Å². The first-order valence-corrected chi connectivity index (χ1v) is 4.06. The number of halogens is 1. The van der Waals surface area contributed by atoms with Crippen LogP contribution in [0.2, 0.25) is 5.15 Å². The predicted octanol–water partition coefficient (Wildman–Crippen LogP) is 2.69. The molecule has 0 atom stereocenters. The standard InChI is InChI=1S/C9H10ClNO/c1-2-3-6-12-8-4-5-11-9(10)7-8/h2,4-5,7H,1,3,6H2. The Bertz CT molecular complexity index is 262. The third-order valence-electron chi connectivity index (χ3n) is 1.29. The molecule has 0 radical (unpaired) electrons. The van der Waals surface area contributed by atoms with Crippen molar-refractivity contribution in [2.45, 2.75) is 6.42 Å². The molecule has 0 aliphatic rings. The number of aromatic nitrogens is 1. The van der Waals surface area contributed by atoms with Gasteiger partial charge in [0.2, 0.25) is 0 Å². The summed E-state index contributed by atoms with van der Waals surface area (Å²) in [5, 5.41) is 0.450. The number of hydrogen-bond donors (Lipinski definition) is 0. The van der Waals surface area contributed by atoms with Gasteiger partial charge in [0.1, 0.15) is 10.9 Å². The third-order valence-corrected chi connectivity index (χ3v) is 1.50. The second-order valence-electron chi connectivity index (χ2n) is 2.24. The molecule has 0 aromatic carbocycles. The minimum atomic E-state index is 0.450. The highest BCUT2D eigenvalue weighted by Gasteiger charge is 1.93. The fourth-order valence-electron chi connectivity index (χ4n) is 0.735. The minimum Gasteiger partial charge on any atom is -0.493 e. The Labute approximate surface area is 76.8 Å². The van der Waals surface area contributed by atoms with E-state index >= 15 is 0 Å². The van der Waals surface area contributed by atoms with E-state index in [9.17, 15) is 0 Å². The van der Waals surface area contributed by atoms with Crippen molar-refractivity contribution in [1.82, 2.24) is 4.98 Å². The van der Waals surface area contributed by atoms with Crippen LogP contribution in [0.1, 0.15) is 6.42 Å². The predicted molar refractivity (Wildman–Crippen MR) is 49.6 cm³/mol. The molecule has 64 valence electrons. The smallest absolute Gasteiger partial charge is 0.132 e. The zero-order valence-electron chi connectivity index (χ0n) is 6.66. The van der Waals surface area contributed by atoms with Crippen molar-refractivity contribution in [3.63, 3.8) is 0 Å². The van der Waals surface area contributed by atoms with E-state index in [1.165, 1.54) is 0 Å². The van der Waals surface area contributed by atoms with Crippen LogP contribution in [-0.2, 0) is 0 Å². The Morgan fingerprint density at radius 2 is 2.50 bits per heavy atom. The van der Waals surface area contributed by atoms with Gasteiger partial charge in [0, 0.05) is 12.3 Å². The fourth-order valence-corrected chi connectivity index (χ4v) is 0.898. The van der Waals surface area contributed by atoms with Crippen LogP contribution in [0.4, 0.5) is 0 Å². The summed E-state index contributed by atoms with van der Waals surface area (Å²) in [4.78, 5) is 3.83. The second-order valence-corrected chi connectivity index (χ2v) is 2.63. The molecule has 3 heteroatoms. The number of nitrogens with zero attached hydrogens (tertiary/aromatic N) is 1. The number of pyridine rings is 1. The molecule has 0 bridgehead atoms. The van der Waals surface area contributed by atoms with E-state index in [0.29, 0.717) is 11.8 Å². The van der Waals surface area contributed by atoms with E-state index in [2.05, 4.69) is 11.6 Å². The molecule has 2 nitrogen and oxygen atoms in total. The molecule has 0 fully saturated rings. The minimum absolute atomic E-state index is 0.450. The van der Waals surface area contributed by atoms with Crippen LogP contribution in [0.25, 0.3) is 0 Å². The summed E-state index contributed by atoms with van der Waals surface area (Å²) >= 11 is 5.65. The normalized spacial score (nSPS) is 9.42. The topological polar surface area (TPSA) is 22.1 Å². The summed E-state index contributed by atoms with van der Waals surface area (Å²) in [5.74, 6) is 0.747. The van der Waals surface area contributed by atoms with Crippen LogP contribution in [0.5, 0.6) is 5.75 Å². The maximum absolute atomic E-state index is 5.65. The van der Waals surface area contributed by atoms with Gasteiger partial charge in [0.15, 0.2) is 0 Å². The molecule has 0 aliphatic carbocycles. The molecule has 0 saturated carbocycles. The van der Waals surface area contributed by atoms with Crippen molar-refractivity contribution in [3.05, 3.63) is 36.1 Å². The first-order valence-electron chi connectivity index (χ1n) is 3.68. The Kier molecular flexibility index (Phi) is 3.61. The third kappa shape index (κ3) is 2.93. The molecule has 0 N–H and O–H groups in total. The van der Waals surface area contributed by atoms with Gasteiger partial charge in [-0.1, -0.05) is 17.7 Å². The highest BCUT2D eigenvalue weighted by Crippen LogP contribution is 2.14. The van der Waals surface area contributed by atoms with E-state index in [1.807, 2.05) is 6.08 Å². The maximum atomic E-state index is 5.65. The fraction of sp³-hybridized carbons (Fsp3) is 0.222. The van der Waals surface area contributed by atoms with Crippen molar-refractivity contribution in [3.8, 4) is 5.75 Å². The van der Waals surface area contributed by atoms with Gasteiger partial charge >= 0.3 is 0 Å². The van der Waals surface area contributed by atoms with E-state index in [-0.39, 0.29) is 0 Å². The molecule has 0 spiro atoms. The van der Waals surface area contributed by atoms with Gasteiger partial charge in [-0.3, -0.25) is 0 Å². The summed E-state index contributed by atoms with van der Waals surface area (Å²) in [6, 6.07) is 3.46. The average molecular weight is 184 g/mol. The number of hydrogen-bond acceptors (Lipinski definition) is 2. The Morgan fingerprint density at radius 3 is 3.17 bits per heavy atom. The van der Waals surface area contributed by atoms with Crippen LogP contribution in [0.3, 0.4) is 0 Å². The maximum Gasteiger partial charge on any atom is 0.132 e. The molecule has 0 unspecified atom stereocenters. The molecule has 12 heavy (non-hydrogen) atoms. The zero-order chi connectivity index (χ0) is 8.81. The molecule has 0 aliphatic heterocycles. The molecule has 1 aromatic rings. The highest BCUT2D eigenvalue weighted by atomic mass is 35.5. The van der Waals surface area contributed by atoms with Gasteiger partial charge in [0.05, 0.1) is 6.61 Å². The summed E-state index contributed by atoms with van der Waals surface area (Å²) in [5.41, 5.74) is 0. The van der Waals surface area contributed by atoms with Crippen molar-refractivity contribution >= 4 is 11.6 Å². The first kappa shape index (κ1) is 9.07. The lowest BCUT2D eigenvalue weighted by atomic mass is 10.4. The van der Waals surface area contributed by atoms with Gasteiger partial charge in [0.25, 0.3) is 0 Å². The van der Waals surface area contributed by atoms with Gasteiger partial charge in [-0.25, -0.2) is 4.98 Å². The summed E-state index contributed by atoms with van der Waals surface area (Å²) < 4.78 is 5.33. The molecular weight excluding hydrogens is 174 g/mol. The lowest BCUT2D eigenvalue weighted by molar-refractivity contribution is 0.324. The SMILES string of the molecule is C=CCCOc1ccnc(Cl)c1. The molecule has 1 aromatic heterocycles.